The van der Waals surface area contributed by atoms with Gasteiger partial charge in [0.05, 0.1) is 10.4 Å². The van der Waals surface area contributed by atoms with Crippen LogP contribution in [0.2, 0.25) is 4.34 Å². The first kappa shape index (κ1) is 12.2. The highest BCUT2D eigenvalue weighted by Crippen LogP contribution is 2.33. The summed E-state index contributed by atoms with van der Waals surface area (Å²) in [7, 11) is 0. The van der Waals surface area contributed by atoms with Crippen molar-refractivity contribution < 1.29 is 5.11 Å². The molecule has 0 spiro atoms. The predicted octanol–water partition coefficient (Wildman–Crippen LogP) is 4.89. The maximum Gasteiger partial charge on any atom is 0.0931 e. The van der Waals surface area contributed by atoms with E-state index < -0.39 is 6.10 Å². The van der Waals surface area contributed by atoms with Crippen LogP contribution in [0.1, 0.15) is 15.9 Å². The first-order valence-electron chi connectivity index (χ1n) is 5.63. The van der Waals surface area contributed by atoms with E-state index >= 15 is 0 Å². The third-order valence-corrected chi connectivity index (χ3v) is 5.27. The Morgan fingerprint density at radius 1 is 1.11 bits per heavy atom. The molecule has 3 aromatic rings. The van der Waals surface area contributed by atoms with Gasteiger partial charge >= 0.3 is 0 Å². The average molecular weight is 295 g/mol. The Bertz CT molecular complexity index is 638. The zero-order chi connectivity index (χ0) is 12.5. The number of hydrogen-bond donors (Lipinski definition) is 1. The average Bonchev–Trinajstić information content (AvgIpc) is 2.95. The van der Waals surface area contributed by atoms with Crippen LogP contribution in [-0.4, -0.2) is 5.11 Å². The SMILES string of the molecule is OC(Cc1ccc(Cl)s1)c1cc2ccccc2s1. The number of aliphatic hydroxyl groups excluding tert-OH is 1. The van der Waals surface area contributed by atoms with Gasteiger partial charge in [0.25, 0.3) is 0 Å². The number of benzene rings is 1. The first-order chi connectivity index (χ1) is 8.72. The van der Waals surface area contributed by atoms with E-state index in [4.69, 9.17) is 11.6 Å². The molecule has 0 saturated heterocycles. The van der Waals surface area contributed by atoms with Gasteiger partial charge in [0.2, 0.25) is 0 Å². The Morgan fingerprint density at radius 3 is 2.67 bits per heavy atom. The van der Waals surface area contributed by atoms with E-state index in [1.165, 1.54) is 21.4 Å². The van der Waals surface area contributed by atoms with Crippen LogP contribution >= 0.6 is 34.3 Å². The van der Waals surface area contributed by atoms with Gasteiger partial charge in [-0.2, -0.15) is 0 Å². The number of aliphatic hydroxyl groups is 1. The Balaban J connectivity index is 1.85. The van der Waals surface area contributed by atoms with Crippen molar-refractivity contribution in [3.8, 4) is 0 Å². The Morgan fingerprint density at radius 2 is 1.94 bits per heavy atom. The van der Waals surface area contributed by atoms with Gasteiger partial charge < -0.3 is 5.11 Å². The highest BCUT2D eigenvalue weighted by Gasteiger charge is 2.13. The lowest BCUT2D eigenvalue weighted by Gasteiger charge is -2.05. The zero-order valence-corrected chi connectivity index (χ0v) is 11.9. The van der Waals surface area contributed by atoms with Crippen LogP contribution in [0.3, 0.4) is 0 Å². The molecular weight excluding hydrogens is 284 g/mol. The molecular formula is C14H11ClOS2. The fourth-order valence-electron chi connectivity index (χ4n) is 1.92. The van der Waals surface area contributed by atoms with Crippen molar-refractivity contribution in [2.45, 2.75) is 12.5 Å². The third kappa shape index (κ3) is 2.45. The summed E-state index contributed by atoms with van der Waals surface area (Å²) in [5.41, 5.74) is 0. The number of fused-ring (bicyclic) bond motifs is 1. The highest BCUT2D eigenvalue weighted by molar-refractivity contribution is 7.19. The molecule has 3 rings (SSSR count). The molecule has 92 valence electrons. The van der Waals surface area contributed by atoms with Gasteiger partial charge in [0.15, 0.2) is 0 Å². The summed E-state index contributed by atoms with van der Waals surface area (Å²) < 4.78 is 1.99. The number of halogens is 1. The van der Waals surface area contributed by atoms with Gasteiger partial charge in [-0.25, -0.2) is 0 Å². The van der Waals surface area contributed by atoms with Crippen molar-refractivity contribution in [1.29, 1.82) is 0 Å². The minimum absolute atomic E-state index is 0.447. The van der Waals surface area contributed by atoms with Crippen molar-refractivity contribution in [2.24, 2.45) is 0 Å². The Kier molecular flexibility index (Phi) is 3.39. The van der Waals surface area contributed by atoms with Gasteiger partial charge in [0, 0.05) is 20.9 Å². The second kappa shape index (κ2) is 5.02. The van der Waals surface area contributed by atoms with E-state index in [9.17, 15) is 5.11 Å². The van der Waals surface area contributed by atoms with Crippen LogP contribution in [0, 0.1) is 0 Å². The molecule has 1 N–H and O–H groups in total. The van der Waals surface area contributed by atoms with Crippen LogP contribution in [0.15, 0.2) is 42.5 Å². The lowest BCUT2D eigenvalue weighted by Crippen LogP contribution is -1.97. The van der Waals surface area contributed by atoms with Gasteiger partial charge in [-0.3, -0.25) is 0 Å². The summed E-state index contributed by atoms with van der Waals surface area (Å²) >= 11 is 9.07. The molecule has 4 heteroatoms. The fraction of sp³-hybridized carbons (Fsp3) is 0.143. The number of hydrogen-bond acceptors (Lipinski definition) is 3. The van der Waals surface area contributed by atoms with E-state index in [-0.39, 0.29) is 0 Å². The smallest absolute Gasteiger partial charge is 0.0931 e. The van der Waals surface area contributed by atoms with E-state index in [2.05, 4.69) is 18.2 Å². The first-order valence-corrected chi connectivity index (χ1v) is 7.64. The second-order valence-electron chi connectivity index (χ2n) is 4.11. The van der Waals surface area contributed by atoms with Gasteiger partial charge in [0.1, 0.15) is 0 Å². The zero-order valence-electron chi connectivity index (χ0n) is 9.47. The molecule has 0 bridgehead atoms. The van der Waals surface area contributed by atoms with Crippen molar-refractivity contribution in [3.05, 3.63) is 56.6 Å². The van der Waals surface area contributed by atoms with Gasteiger partial charge in [-0.1, -0.05) is 29.8 Å². The van der Waals surface area contributed by atoms with Crippen LogP contribution in [-0.2, 0) is 6.42 Å². The Labute approximate surface area is 118 Å². The molecule has 1 aromatic carbocycles. The highest BCUT2D eigenvalue weighted by atomic mass is 35.5. The maximum absolute atomic E-state index is 10.3. The van der Waals surface area contributed by atoms with E-state index in [0.717, 1.165) is 14.1 Å². The molecule has 2 heterocycles. The van der Waals surface area contributed by atoms with Gasteiger partial charge in [-0.15, -0.1) is 22.7 Å². The fourth-order valence-corrected chi connectivity index (χ4v) is 4.09. The van der Waals surface area contributed by atoms with E-state index in [1.807, 2.05) is 24.3 Å². The standard InChI is InChI=1S/C14H11ClOS2/c15-14-6-5-10(17-14)8-11(16)13-7-9-3-1-2-4-12(9)18-13/h1-7,11,16H,8H2. The molecule has 0 aliphatic carbocycles. The molecule has 0 aliphatic heterocycles. The van der Waals surface area contributed by atoms with Crippen molar-refractivity contribution in [2.75, 3.05) is 0 Å². The summed E-state index contributed by atoms with van der Waals surface area (Å²) in [4.78, 5) is 2.13. The topological polar surface area (TPSA) is 20.2 Å². The minimum atomic E-state index is -0.447. The molecule has 18 heavy (non-hydrogen) atoms. The quantitative estimate of drug-likeness (QED) is 0.729. The molecule has 1 atom stereocenters. The summed E-state index contributed by atoms with van der Waals surface area (Å²) in [6.45, 7) is 0. The van der Waals surface area contributed by atoms with Crippen molar-refractivity contribution >= 4 is 44.4 Å². The van der Waals surface area contributed by atoms with Crippen molar-refractivity contribution in [1.82, 2.24) is 0 Å². The summed E-state index contributed by atoms with van der Waals surface area (Å²) in [6, 6.07) is 14.1. The lowest BCUT2D eigenvalue weighted by atomic mass is 10.1. The maximum atomic E-state index is 10.3. The minimum Gasteiger partial charge on any atom is -0.387 e. The van der Waals surface area contributed by atoms with Crippen LogP contribution in [0.4, 0.5) is 0 Å². The predicted molar refractivity (Wildman–Crippen MR) is 79.8 cm³/mol. The second-order valence-corrected chi connectivity index (χ2v) is 7.03. The Hall–Kier alpha value is -0.870. The lowest BCUT2D eigenvalue weighted by molar-refractivity contribution is 0.183. The summed E-state index contributed by atoms with van der Waals surface area (Å²) in [5, 5.41) is 11.5. The van der Waals surface area contributed by atoms with Crippen molar-refractivity contribution in [3.63, 3.8) is 0 Å². The van der Waals surface area contributed by atoms with Crippen LogP contribution in [0.5, 0.6) is 0 Å². The number of rotatable bonds is 3. The molecule has 2 aromatic heterocycles. The molecule has 1 nitrogen and oxygen atoms in total. The largest absolute Gasteiger partial charge is 0.387 e. The molecule has 0 saturated carbocycles. The number of thiophene rings is 2. The summed E-state index contributed by atoms with van der Waals surface area (Å²) in [6.07, 6.45) is 0.182. The molecule has 0 amide bonds. The summed E-state index contributed by atoms with van der Waals surface area (Å²) in [5.74, 6) is 0. The van der Waals surface area contributed by atoms with E-state index in [1.54, 1.807) is 11.3 Å². The van der Waals surface area contributed by atoms with Gasteiger partial charge in [-0.05, 0) is 29.7 Å². The molecule has 0 radical (unpaired) electrons. The molecule has 0 fully saturated rings. The van der Waals surface area contributed by atoms with Crippen LogP contribution < -0.4 is 0 Å². The molecule has 0 aliphatic rings. The van der Waals surface area contributed by atoms with E-state index in [0.29, 0.717) is 6.42 Å². The molecule has 1 unspecified atom stereocenters. The normalized spacial score (nSPS) is 13.0. The monoisotopic (exact) mass is 294 g/mol. The third-order valence-electron chi connectivity index (χ3n) is 2.80. The van der Waals surface area contributed by atoms with Crippen LogP contribution in [0.25, 0.3) is 10.1 Å².